The average molecular weight is 428 g/mol. The number of aryl methyl sites for hydroxylation is 1. The van der Waals surface area contributed by atoms with Crippen LogP contribution in [0.15, 0.2) is 73.1 Å². The summed E-state index contributed by atoms with van der Waals surface area (Å²) in [4.78, 5) is 7.08. The van der Waals surface area contributed by atoms with Crippen molar-refractivity contribution in [3.63, 3.8) is 0 Å². The van der Waals surface area contributed by atoms with E-state index in [4.69, 9.17) is 11.6 Å². The Bertz CT molecular complexity index is 917. The lowest BCUT2D eigenvalue weighted by molar-refractivity contribution is 0.292. The highest BCUT2D eigenvalue weighted by atomic mass is 35.5. The number of hydrogen-bond acceptors (Lipinski definition) is 2. The molecule has 2 aromatic carbocycles. The molecule has 5 heteroatoms. The molecule has 2 heterocycles. The molecule has 1 aliphatic heterocycles. The van der Waals surface area contributed by atoms with Crippen molar-refractivity contribution < 1.29 is 0 Å². The van der Waals surface area contributed by atoms with Gasteiger partial charge in [-0.2, -0.15) is 0 Å². The smallest absolute Gasteiger partial charge is 0.139 e. The molecule has 0 fully saturated rings. The fourth-order valence-corrected chi connectivity index (χ4v) is 3.92. The van der Waals surface area contributed by atoms with Gasteiger partial charge < -0.3 is 4.57 Å². The van der Waals surface area contributed by atoms with Crippen molar-refractivity contribution >= 4 is 29.6 Å². The molecular formula is C24H27Cl2N3. The van der Waals surface area contributed by atoms with Gasteiger partial charge in [-0.1, -0.05) is 60.1 Å². The van der Waals surface area contributed by atoms with Crippen LogP contribution in [0.1, 0.15) is 24.8 Å². The molecule has 0 amide bonds. The van der Waals surface area contributed by atoms with E-state index in [1.54, 1.807) is 0 Å². The first kappa shape index (κ1) is 21.6. The Kier molecular flexibility index (Phi) is 7.93. The zero-order valence-electron chi connectivity index (χ0n) is 16.5. The Morgan fingerprint density at radius 3 is 2.38 bits per heavy atom. The van der Waals surface area contributed by atoms with Crippen molar-refractivity contribution in [2.24, 2.45) is 0 Å². The van der Waals surface area contributed by atoms with Crippen LogP contribution in [-0.4, -0.2) is 34.1 Å². The number of unbranched alkanes of at least 4 members (excludes halogenated alkanes) is 1. The maximum Gasteiger partial charge on any atom is 0.139 e. The van der Waals surface area contributed by atoms with Gasteiger partial charge >= 0.3 is 0 Å². The number of hydrogen-bond donors (Lipinski definition) is 0. The van der Waals surface area contributed by atoms with Crippen LogP contribution in [0.4, 0.5) is 0 Å². The third-order valence-corrected chi connectivity index (χ3v) is 5.63. The van der Waals surface area contributed by atoms with E-state index >= 15 is 0 Å². The number of imidazole rings is 1. The predicted molar refractivity (Wildman–Crippen MR) is 125 cm³/mol. The molecule has 29 heavy (non-hydrogen) atoms. The Hall–Kier alpha value is -2.07. The second kappa shape index (κ2) is 10.6. The Labute approximate surface area is 184 Å². The zero-order valence-corrected chi connectivity index (χ0v) is 18.1. The van der Waals surface area contributed by atoms with Crippen LogP contribution in [0.2, 0.25) is 5.02 Å². The maximum absolute atomic E-state index is 5.99. The molecule has 0 saturated heterocycles. The molecule has 1 aliphatic rings. The first-order valence-electron chi connectivity index (χ1n) is 10.0. The Morgan fingerprint density at radius 1 is 0.897 bits per heavy atom. The van der Waals surface area contributed by atoms with Crippen LogP contribution in [-0.2, 0) is 6.54 Å². The summed E-state index contributed by atoms with van der Waals surface area (Å²) in [6.45, 7) is 4.34. The first-order chi connectivity index (χ1) is 13.8. The van der Waals surface area contributed by atoms with Crippen molar-refractivity contribution in [2.45, 2.75) is 25.8 Å². The minimum absolute atomic E-state index is 0. The van der Waals surface area contributed by atoms with E-state index in [-0.39, 0.29) is 12.4 Å². The summed E-state index contributed by atoms with van der Waals surface area (Å²) in [5.74, 6) is 1.06. The van der Waals surface area contributed by atoms with Crippen LogP contribution in [0.5, 0.6) is 0 Å². The van der Waals surface area contributed by atoms with Crippen LogP contribution in [0.3, 0.4) is 0 Å². The van der Waals surface area contributed by atoms with Crippen LogP contribution in [0, 0.1) is 0 Å². The van der Waals surface area contributed by atoms with Gasteiger partial charge in [-0.3, -0.25) is 4.90 Å². The van der Waals surface area contributed by atoms with E-state index in [1.807, 2.05) is 24.4 Å². The van der Waals surface area contributed by atoms with Gasteiger partial charge in [0, 0.05) is 42.6 Å². The monoisotopic (exact) mass is 427 g/mol. The number of aromatic nitrogens is 2. The lowest BCUT2D eigenvalue weighted by Gasteiger charge is -2.26. The van der Waals surface area contributed by atoms with Gasteiger partial charge in [0.2, 0.25) is 0 Å². The highest BCUT2D eigenvalue weighted by molar-refractivity contribution is 6.30. The molecule has 152 valence electrons. The first-order valence-corrected chi connectivity index (χ1v) is 10.4. The van der Waals surface area contributed by atoms with Crippen LogP contribution < -0.4 is 0 Å². The summed E-state index contributed by atoms with van der Waals surface area (Å²) in [6, 6.07) is 18.6. The molecule has 3 nitrogen and oxygen atoms in total. The highest BCUT2D eigenvalue weighted by Crippen LogP contribution is 2.24. The number of halogens is 2. The molecule has 0 aliphatic carbocycles. The number of rotatable bonds is 7. The lowest BCUT2D eigenvalue weighted by Crippen LogP contribution is -2.29. The zero-order chi connectivity index (χ0) is 19.2. The topological polar surface area (TPSA) is 21.1 Å². The fraction of sp³-hybridized carbons (Fsp3) is 0.292. The molecule has 0 atom stereocenters. The Balaban J connectivity index is 0.00000240. The third-order valence-electron chi connectivity index (χ3n) is 5.38. The van der Waals surface area contributed by atoms with Crippen molar-refractivity contribution in [1.29, 1.82) is 0 Å². The molecular weight excluding hydrogens is 401 g/mol. The van der Waals surface area contributed by atoms with Gasteiger partial charge in [-0.05, 0) is 49.1 Å². The van der Waals surface area contributed by atoms with Crippen molar-refractivity contribution in [3.05, 3.63) is 83.7 Å². The Morgan fingerprint density at radius 2 is 1.66 bits per heavy atom. The molecule has 0 spiro atoms. The molecule has 0 N–H and O–H groups in total. The van der Waals surface area contributed by atoms with Crippen molar-refractivity contribution in [3.8, 4) is 11.4 Å². The number of nitrogens with zero attached hydrogens (tertiary/aromatic N) is 3. The molecule has 0 unspecified atom stereocenters. The summed E-state index contributed by atoms with van der Waals surface area (Å²) in [6.07, 6.45) is 9.84. The van der Waals surface area contributed by atoms with Crippen LogP contribution in [0.25, 0.3) is 17.0 Å². The van der Waals surface area contributed by atoms with Gasteiger partial charge in [-0.25, -0.2) is 4.98 Å². The quantitative estimate of drug-likeness (QED) is 0.418. The minimum atomic E-state index is 0. The molecule has 3 aromatic rings. The summed E-state index contributed by atoms with van der Waals surface area (Å²) < 4.78 is 2.27. The lowest BCUT2D eigenvalue weighted by atomic mass is 9.99. The maximum atomic E-state index is 5.99. The second-order valence-electron chi connectivity index (χ2n) is 7.30. The molecule has 0 radical (unpaired) electrons. The summed E-state index contributed by atoms with van der Waals surface area (Å²) in [7, 11) is 0. The number of benzene rings is 2. The van der Waals surface area contributed by atoms with Gasteiger partial charge in [0.1, 0.15) is 5.82 Å². The van der Waals surface area contributed by atoms with Gasteiger partial charge in [-0.15, -0.1) is 12.4 Å². The van der Waals surface area contributed by atoms with E-state index < -0.39 is 0 Å². The molecule has 0 bridgehead atoms. The third kappa shape index (κ3) is 5.72. The van der Waals surface area contributed by atoms with Gasteiger partial charge in [0.25, 0.3) is 0 Å². The summed E-state index contributed by atoms with van der Waals surface area (Å²) in [5.41, 5.74) is 3.93. The summed E-state index contributed by atoms with van der Waals surface area (Å²) in [5, 5.41) is 0.801. The molecule has 0 saturated carbocycles. The van der Waals surface area contributed by atoms with E-state index in [2.05, 4.69) is 63.1 Å². The van der Waals surface area contributed by atoms with E-state index in [0.29, 0.717) is 0 Å². The molecule has 4 rings (SSSR count). The predicted octanol–water partition coefficient (Wildman–Crippen LogP) is 6.19. The van der Waals surface area contributed by atoms with Crippen molar-refractivity contribution in [2.75, 3.05) is 19.6 Å². The average Bonchev–Trinajstić information content (AvgIpc) is 3.21. The highest BCUT2D eigenvalue weighted by Gasteiger charge is 2.13. The van der Waals surface area contributed by atoms with E-state index in [9.17, 15) is 0 Å². The standard InChI is InChI=1S/C24H26ClN3.ClH/c25-23-10-8-20(9-11-23)21-12-17-27(18-13-21)15-4-5-16-28-19-14-26-24(28)22-6-2-1-3-7-22;/h1-3,6-12,14,19H,4-5,13,15-18H2;1H. The SMILES string of the molecule is Cl.Clc1ccc(C2=CCN(CCCCn3ccnc3-c3ccccc3)CC2)cc1. The van der Waals surface area contributed by atoms with Gasteiger partial charge in [0.15, 0.2) is 0 Å². The summed E-state index contributed by atoms with van der Waals surface area (Å²) >= 11 is 5.99. The largest absolute Gasteiger partial charge is 0.331 e. The second-order valence-corrected chi connectivity index (χ2v) is 7.74. The van der Waals surface area contributed by atoms with E-state index in [0.717, 1.165) is 43.4 Å². The normalized spacial score (nSPS) is 14.3. The van der Waals surface area contributed by atoms with Crippen LogP contribution >= 0.6 is 24.0 Å². The van der Waals surface area contributed by atoms with Crippen molar-refractivity contribution in [1.82, 2.24) is 14.5 Å². The minimum Gasteiger partial charge on any atom is -0.331 e. The molecule has 1 aromatic heterocycles. The van der Waals surface area contributed by atoms with E-state index in [1.165, 1.54) is 29.5 Å². The fourth-order valence-electron chi connectivity index (χ4n) is 3.80. The van der Waals surface area contributed by atoms with Gasteiger partial charge in [0.05, 0.1) is 0 Å².